The normalized spacial score (nSPS) is 36.8. The minimum Gasteiger partial charge on any atom is -0.389 e. The van der Waals surface area contributed by atoms with Gasteiger partial charge in [0.2, 0.25) is 0 Å². The van der Waals surface area contributed by atoms with Crippen molar-refractivity contribution in [3.05, 3.63) is 18.2 Å². The van der Waals surface area contributed by atoms with Gasteiger partial charge in [0, 0.05) is 12.4 Å². The summed E-state index contributed by atoms with van der Waals surface area (Å²) in [7, 11) is 0. The fourth-order valence-corrected chi connectivity index (χ4v) is 3.02. The molecule has 2 saturated heterocycles. The van der Waals surface area contributed by atoms with Crippen molar-refractivity contribution in [2.75, 3.05) is 13.2 Å². The molecule has 6 heteroatoms. The number of aliphatic hydroxyl groups is 1. The average molecular weight is 281 g/mol. The number of ether oxygens (including phenoxy) is 2. The van der Waals surface area contributed by atoms with Crippen LogP contribution in [-0.4, -0.2) is 52.3 Å². The van der Waals surface area contributed by atoms with Gasteiger partial charge in [0.05, 0.1) is 18.8 Å². The first-order chi connectivity index (χ1) is 9.58. The van der Waals surface area contributed by atoms with E-state index in [9.17, 15) is 5.11 Å². The monoisotopic (exact) mass is 281 g/mol. The van der Waals surface area contributed by atoms with Gasteiger partial charge in [-0.1, -0.05) is 13.8 Å². The molecule has 2 bridgehead atoms. The van der Waals surface area contributed by atoms with E-state index in [1.165, 1.54) is 0 Å². The van der Waals surface area contributed by atoms with Crippen LogP contribution in [0.3, 0.4) is 0 Å². The molecule has 5 unspecified atom stereocenters. The molecule has 0 spiro atoms. The second kappa shape index (κ2) is 5.44. The summed E-state index contributed by atoms with van der Waals surface area (Å²) in [4.78, 5) is 4.23. The lowest BCUT2D eigenvalue weighted by molar-refractivity contribution is -0.165. The summed E-state index contributed by atoms with van der Waals surface area (Å²) in [6.07, 6.45) is 2.59. The summed E-state index contributed by atoms with van der Waals surface area (Å²) in [5.41, 5.74) is 0. The lowest BCUT2D eigenvalue weighted by Gasteiger charge is -2.40. The van der Waals surface area contributed by atoms with E-state index in [0.29, 0.717) is 12.5 Å². The van der Waals surface area contributed by atoms with Crippen LogP contribution in [-0.2, 0) is 9.47 Å². The summed E-state index contributed by atoms with van der Waals surface area (Å²) in [5.74, 6) is 1.38. The number of rotatable bonds is 4. The van der Waals surface area contributed by atoms with E-state index in [2.05, 4.69) is 24.1 Å². The summed E-state index contributed by atoms with van der Waals surface area (Å²) in [6.45, 7) is 7.59. The number of nitrogens with zero attached hydrogens (tertiary/aromatic N) is 2. The van der Waals surface area contributed by atoms with Crippen LogP contribution < -0.4 is 5.32 Å². The second-order valence-corrected chi connectivity index (χ2v) is 6.07. The molecule has 20 heavy (non-hydrogen) atoms. The minimum absolute atomic E-state index is 0.0752. The van der Waals surface area contributed by atoms with Crippen LogP contribution in [0.25, 0.3) is 0 Å². The van der Waals surface area contributed by atoms with E-state index in [0.717, 1.165) is 12.4 Å². The standard InChI is InChI=1S/C14H23N3O3/c1-8(2)6-16-11-10-7-19-14(20-10)12(13(11)18)17-5-4-15-9(17)3/h4-5,8,10-14,16,18H,6-7H2,1-3H3. The molecular weight excluding hydrogens is 258 g/mol. The quantitative estimate of drug-likeness (QED) is 0.839. The number of aryl methyl sites for hydroxylation is 1. The van der Waals surface area contributed by atoms with Crippen molar-refractivity contribution in [2.24, 2.45) is 5.92 Å². The predicted octanol–water partition coefficient (Wildman–Crippen LogP) is 0.463. The zero-order valence-electron chi connectivity index (χ0n) is 12.2. The van der Waals surface area contributed by atoms with Crippen molar-refractivity contribution < 1.29 is 14.6 Å². The van der Waals surface area contributed by atoms with Crippen LogP contribution in [0.2, 0.25) is 0 Å². The molecule has 3 heterocycles. The first-order valence-electron chi connectivity index (χ1n) is 7.26. The van der Waals surface area contributed by atoms with Gasteiger partial charge in [0.25, 0.3) is 0 Å². The highest BCUT2D eigenvalue weighted by Crippen LogP contribution is 2.36. The van der Waals surface area contributed by atoms with Crippen molar-refractivity contribution in [2.45, 2.75) is 51.4 Å². The molecule has 0 aromatic carbocycles. The van der Waals surface area contributed by atoms with Crippen molar-refractivity contribution in [3.63, 3.8) is 0 Å². The van der Waals surface area contributed by atoms with Gasteiger partial charge in [-0.25, -0.2) is 4.98 Å². The molecule has 2 fully saturated rings. The highest BCUT2D eigenvalue weighted by Gasteiger charge is 2.50. The highest BCUT2D eigenvalue weighted by molar-refractivity contribution is 5.04. The molecule has 0 saturated carbocycles. The lowest BCUT2D eigenvalue weighted by Crippen LogP contribution is -2.58. The fraction of sp³-hybridized carbons (Fsp3) is 0.786. The Morgan fingerprint density at radius 3 is 3.00 bits per heavy atom. The Balaban J connectivity index is 1.82. The molecule has 2 N–H and O–H groups in total. The van der Waals surface area contributed by atoms with Gasteiger partial charge in [0.1, 0.15) is 18.0 Å². The van der Waals surface area contributed by atoms with Crippen molar-refractivity contribution in [1.82, 2.24) is 14.9 Å². The predicted molar refractivity (Wildman–Crippen MR) is 73.2 cm³/mol. The van der Waals surface area contributed by atoms with Gasteiger partial charge < -0.3 is 24.5 Å². The van der Waals surface area contributed by atoms with Crippen LogP contribution in [0.15, 0.2) is 12.4 Å². The van der Waals surface area contributed by atoms with Crippen LogP contribution >= 0.6 is 0 Å². The van der Waals surface area contributed by atoms with E-state index in [-0.39, 0.29) is 24.5 Å². The molecule has 0 amide bonds. The smallest absolute Gasteiger partial charge is 0.181 e. The summed E-state index contributed by atoms with van der Waals surface area (Å²) < 4.78 is 13.6. The number of nitrogens with one attached hydrogen (secondary N) is 1. The zero-order valence-corrected chi connectivity index (χ0v) is 12.2. The van der Waals surface area contributed by atoms with Gasteiger partial charge in [-0.05, 0) is 19.4 Å². The molecular formula is C14H23N3O3. The minimum atomic E-state index is -0.548. The third-order valence-electron chi connectivity index (χ3n) is 4.08. The number of aliphatic hydroxyl groups excluding tert-OH is 1. The first kappa shape index (κ1) is 14.0. The van der Waals surface area contributed by atoms with Gasteiger partial charge in [-0.3, -0.25) is 0 Å². The van der Waals surface area contributed by atoms with Gasteiger partial charge >= 0.3 is 0 Å². The van der Waals surface area contributed by atoms with E-state index in [1.807, 2.05) is 17.7 Å². The van der Waals surface area contributed by atoms with Crippen LogP contribution in [0.4, 0.5) is 0 Å². The Labute approximate surface area is 119 Å². The Hall–Kier alpha value is -0.950. The first-order valence-corrected chi connectivity index (χ1v) is 7.26. The maximum atomic E-state index is 10.7. The van der Waals surface area contributed by atoms with Crippen LogP contribution in [0, 0.1) is 12.8 Å². The number of aromatic nitrogens is 2. The van der Waals surface area contributed by atoms with E-state index < -0.39 is 6.10 Å². The molecule has 2 aliphatic rings. The molecule has 0 radical (unpaired) electrons. The average Bonchev–Trinajstić information content (AvgIpc) is 2.99. The molecule has 6 nitrogen and oxygen atoms in total. The van der Waals surface area contributed by atoms with Crippen LogP contribution in [0.1, 0.15) is 25.7 Å². The van der Waals surface area contributed by atoms with Crippen molar-refractivity contribution in [3.8, 4) is 0 Å². The molecule has 1 aromatic heterocycles. The van der Waals surface area contributed by atoms with Crippen LogP contribution in [0.5, 0.6) is 0 Å². The maximum absolute atomic E-state index is 10.7. The Bertz CT molecular complexity index is 462. The van der Waals surface area contributed by atoms with E-state index in [1.54, 1.807) is 6.20 Å². The number of imidazole rings is 1. The van der Waals surface area contributed by atoms with E-state index >= 15 is 0 Å². The molecule has 5 atom stereocenters. The zero-order chi connectivity index (χ0) is 14.3. The summed E-state index contributed by atoms with van der Waals surface area (Å²) in [5, 5.41) is 14.2. The molecule has 1 aromatic rings. The molecule has 2 aliphatic heterocycles. The summed E-state index contributed by atoms with van der Waals surface area (Å²) in [6, 6.07) is -0.358. The number of hydrogen-bond donors (Lipinski definition) is 2. The Kier molecular flexibility index (Phi) is 3.81. The summed E-state index contributed by atoms with van der Waals surface area (Å²) >= 11 is 0. The lowest BCUT2D eigenvalue weighted by atomic mass is 9.95. The number of fused-ring (bicyclic) bond motifs is 2. The third-order valence-corrected chi connectivity index (χ3v) is 4.08. The fourth-order valence-electron chi connectivity index (χ4n) is 3.02. The Morgan fingerprint density at radius 2 is 2.35 bits per heavy atom. The molecule has 112 valence electrons. The Morgan fingerprint density at radius 1 is 1.55 bits per heavy atom. The highest BCUT2D eigenvalue weighted by atomic mass is 16.7. The largest absolute Gasteiger partial charge is 0.389 e. The second-order valence-electron chi connectivity index (χ2n) is 6.07. The topological polar surface area (TPSA) is 68.5 Å². The number of hydrogen-bond acceptors (Lipinski definition) is 5. The molecule has 3 rings (SSSR count). The van der Waals surface area contributed by atoms with Gasteiger partial charge in [0.15, 0.2) is 6.29 Å². The molecule has 0 aliphatic carbocycles. The third kappa shape index (κ3) is 2.37. The maximum Gasteiger partial charge on any atom is 0.181 e. The van der Waals surface area contributed by atoms with Crippen molar-refractivity contribution in [1.29, 1.82) is 0 Å². The van der Waals surface area contributed by atoms with E-state index in [4.69, 9.17) is 9.47 Å². The van der Waals surface area contributed by atoms with Gasteiger partial charge in [-0.2, -0.15) is 0 Å². The van der Waals surface area contributed by atoms with Gasteiger partial charge in [-0.15, -0.1) is 0 Å². The van der Waals surface area contributed by atoms with Crippen molar-refractivity contribution >= 4 is 0 Å². The SMILES string of the molecule is Cc1nccn1C1C2OCC(O2)C(NCC(C)C)C1O.